The maximum atomic E-state index is 13.7. The van der Waals surface area contributed by atoms with E-state index in [1.807, 2.05) is 77.9 Å². The average Bonchev–Trinajstić information content (AvgIpc) is 3.96. The molecule has 8 N–H and O–H groups in total. The van der Waals surface area contributed by atoms with Crippen molar-refractivity contribution in [2.45, 2.75) is 137 Å². The van der Waals surface area contributed by atoms with Crippen molar-refractivity contribution in [2.24, 2.45) is 22.1 Å². The first kappa shape index (κ1) is 59.2. The number of ether oxygens (including phenoxy) is 1. The van der Waals surface area contributed by atoms with E-state index in [1.54, 1.807) is 13.8 Å². The number of carbonyl (C=O) groups excluding carboxylic acids is 3. The van der Waals surface area contributed by atoms with Crippen LogP contribution in [0.3, 0.4) is 0 Å². The summed E-state index contributed by atoms with van der Waals surface area (Å²) >= 11 is 6.78. The Balaban J connectivity index is 0.0000130. The van der Waals surface area contributed by atoms with Gasteiger partial charge in [-0.3, -0.25) is 14.4 Å². The third-order valence-electron chi connectivity index (χ3n) is 12.5. The number of hydrogen-bond donors (Lipinski definition) is 8. The van der Waals surface area contributed by atoms with Gasteiger partial charge in [0.2, 0.25) is 23.5 Å². The van der Waals surface area contributed by atoms with Crippen molar-refractivity contribution in [3.05, 3.63) is 70.8 Å². The Labute approximate surface area is 430 Å². The van der Waals surface area contributed by atoms with E-state index in [0.29, 0.717) is 73.5 Å². The second kappa shape index (κ2) is 29.3. The van der Waals surface area contributed by atoms with Gasteiger partial charge >= 0.3 is 0 Å². The summed E-state index contributed by atoms with van der Waals surface area (Å²) in [4.78, 5) is 44.4. The van der Waals surface area contributed by atoms with Crippen molar-refractivity contribution < 1.29 is 49.6 Å². The summed E-state index contributed by atoms with van der Waals surface area (Å²) in [6, 6.07) is 15.2. The van der Waals surface area contributed by atoms with Gasteiger partial charge in [-0.25, -0.2) is 4.98 Å². The van der Waals surface area contributed by atoms with Gasteiger partial charge in [-0.2, -0.15) is 5.21 Å². The molecule has 0 saturated carbocycles. The molecule has 1 radical (unpaired) electrons. The fourth-order valence-corrected chi connectivity index (χ4v) is 7.88. The minimum absolute atomic E-state index is 0. The number of aromatic nitrogens is 6. The first-order valence-electron chi connectivity index (χ1n) is 23.8. The molecule has 4 rings (SSSR count). The molecule has 3 amide bonds. The smallest absolute Gasteiger partial charge is 0.246 e. The molecule has 2 heterocycles. The number of carbonyl (C=O) groups is 3. The fraction of sp³-hybridized carbons (Fsp3) is 0.571. The Morgan fingerprint density at radius 3 is 2.03 bits per heavy atom. The Bertz CT molecular complexity index is 2270. The first-order valence-corrected chi connectivity index (χ1v) is 24.2. The van der Waals surface area contributed by atoms with Crippen LogP contribution in [-0.2, 0) is 58.7 Å². The van der Waals surface area contributed by atoms with Crippen LogP contribution in [0.25, 0.3) is 22.5 Å². The van der Waals surface area contributed by atoms with Crippen LogP contribution in [0, 0.1) is 11.8 Å². The normalized spacial score (nSPS) is 12.8. The van der Waals surface area contributed by atoms with Crippen LogP contribution in [0.2, 0.25) is 5.15 Å². The van der Waals surface area contributed by atoms with E-state index in [9.17, 15) is 24.8 Å². The van der Waals surface area contributed by atoms with Crippen molar-refractivity contribution in [1.82, 2.24) is 56.8 Å². The van der Waals surface area contributed by atoms with Crippen LogP contribution in [0.15, 0.2) is 58.8 Å². The largest absolute Gasteiger partial charge is 0.411 e. The van der Waals surface area contributed by atoms with Gasteiger partial charge in [-0.1, -0.05) is 97.6 Å². The zero-order chi connectivity index (χ0) is 50.6. The number of nitrogens with one attached hydrogen (secondary N) is 6. The molecule has 1 atom stereocenters. The van der Waals surface area contributed by atoms with Gasteiger partial charge in [0.1, 0.15) is 25.1 Å². The van der Waals surface area contributed by atoms with E-state index in [0.717, 1.165) is 53.8 Å². The number of imidazole rings is 1. The maximum Gasteiger partial charge on any atom is 0.246 e. The molecule has 385 valence electrons. The van der Waals surface area contributed by atoms with Gasteiger partial charge in [0.15, 0.2) is 5.15 Å². The van der Waals surface area contributed by atoms with Crippen molar-refractivity contribution in [3.63, 3.8) is 0 Å². The predicted octanol–water partition coefficient (Wildman–Crippen LogP) is 6.28. The van der Waals surface area contributed by atoms with E-state index >= 15 is 0 Å². The van der Waals surface area contributed by atoms with Crippen molar-refractivity contribution >= 4 is 40.7 Å². The van der Waals surface area contributed by atoms with E-state index in [4.69, 9.17) is 21.3 Å². The third kappa shape index (κ3) is 18.6. The number of rotatable bonds is 30. The molecule has 0 saturated heterocycles. The molecule has 0 fully saturated rings. The number of nitrogens with zero attached hydrogens (tertiary/aromatic N) is 7. The summed E-state index contributed by atoms with van der Waals surface area (Å²) in [6.07, 6.45) is 5.24. The van der Waals surface area contributed by atoms with Gasteiger partial charge in [-0.15, -0.1) is 10.2 Å². The van der Waals surface area contributed by atoms with Crippen LogP contribution in [0.1, 0.15) is 118 Å². The Morgan fingerprint density at radius 1 is 0.857 bits per heavy atom. The number of amides is 3. The molecule has 2 aromatic carbocycles. The van der Waals surface area contributed by atoms with E-state index in [-0.39, 0.29) is 56.9 Å². The number of aromatic amines is 1. The number of unbranched alkanes of at least 4 members (excludes halogenated alkanes) is 1. The third-order valence-corrected chi connectivity index (χ3v) is 12.8. The number of H-pyrrole nitrogens is 1. The molecule has 21 heteroatoms. The molecule has 0 bridgehead atoms. The molecule has 19 nitrogen and oxygen atoms in total. The van der Waals surface area contributed by atoms with Gasteiger partial charge in [0, 0.05) is 45.2 Å². The van der Waals surface area contributed by atoms with Crippen LogP contribution in [-0.4, -0.2) is 120 Å². The monoisotopic (exact) mass is 1070 g/mol. The maximum absolute atomic E-state index is 13.7. The molecule has 4 aromatic rings. The van der Waals surface area contributed by atoms with E-state index in [2.05, 4.69) is 81.1 Å². The molecule has 0 unspecified atom stereocenters. The molecule has 2 aromatic heterocycles. The van der Waals surface area contributed by atoms with Gasteiger partial charge in [0.25, 0.3) is 0 Å². The first-order chi connectivity index (χ1) is 32.9. The molecule has 0 aliphatic heterocycles. The van der Waals surface area contributed by atoms with Crippen molar-refractivity contribution in [1.29, 1.82) is 0 Å². The molecule has 0 spiro atoms. The zero-order valence-electron chi connectivity index (χ0n) is 42.2. The Kier molecular flexibility index (Phi) is 24.8. The molecular weight excluding hydrogens is 1000 g/mol. The van der Waals surface area contributed by atoms with Crippen molar-refractivity contribution in [2.75, 3.05) is 32.8 Å². The standard InChI is InChI=1S/C49H74ClN13O6.Tc/c1-10-11-16-42-56-45(50)41(63(42)29-36-17-19-37(20-18-36)38-14-12-13-15-39(38)46-57-61-62-58-46)28-52-47(66)40(27-32(2)3)55-44(65)31-69-30-43(64)51-24-21-35(22-25-53-48(6,7)33(4)59-67)23-26-54-49(8,9)34(5)60-68;/h12-15,17-20,32,35,40,53-54,67-68H,10-11,16,21-31H2,1-9H3,(H,51,64)(H,52,66)(H,55,65)(H,57,58,61,62);/b59-33+,60-34+;/t40-;/m0./s1/i;1+1. The van der Waals surface area contributed by atoms with Crippen molar-refractivity contribution in [3.8, 4) is 22.5 Å². The summed E-state index contributed by atoms with van der Waals surface area (Å²) < 4.78 is 7.56. The number of hydrogen-bond acceptors (Lipinski definition) is 14. The summed E-state index contributed by atoms with van der Waals surface area (Å²) in [7, 11) is 0. The average molecular weight is 1080 g/mol. The van der Waals surface area contributed by atoms with Crippen LogP contribution in [0.4, 0.5) is 0 Å². The minimum Gasteiger partial charge on any atom is -0.411 e. The summed E-state index contributed by atoms with van der Waals surface area (Å²) in [5.41, 5.74) is 4.65. The zero-order valence-corrected chi connectivity index (χ0v) is 44.8. The molecule has 70 heavy (non-hydrogen) atoms. The Morgan fingerprint density at radius 2 is 1.46 bits per heavy atom. The molecule has 0 aliphatic carbocycles. The number of tetrazole rings is 1. The van der Waals surface area contributed by atoms with Gasteiger partial charge in [0.05, 0.1) is 34.7 Å². The second-order valence-electron chi connectivity index (χ2n) is 18.9. The number of benzene rings is 2. The summed E-state index contributed by atoms with van der Waals surface area (Å²) in [6.45, 7) is 18.9. The predicted molar refractivity (Wildman–Crippen MR) is 268 cm³/mol. The number of oxime groups is 2. The van der Waals surface area contributed by atoms with Crippen LogP contribution < -0.4 is 26.6 Å². The Hall–Kier alpha value is -5.11. The second-order valence-corrected chi connectivity index (χ2v) is 19.3. The molecule has 0 aliphatic rings. The summed E-state index contributed by atoms with van der Waals surface area (Å²) in [5, 5.41) is 55.7. The topological polar surface area (TPSA) is 258 Å². The summed E-state index contributed by atoms with van der Waals surface area (Å²) in [5.74, 6) is 0.355. The van der Waals surface area contributed by atoms with Crippen LogP contribution in [0.5, 0.6) is 0 Å². The minimum atomic E-state index is -0.857. The SMILES string of the molecule is CCCCc1nc(Cl)c(CNC(=O)[C@H](CC(C)C)NC(=O)COCC(=O)NCCC(CCNC(C)(C)/C(C)=N/O)CCNC(C)(C)/C(C)=N/O)n1Cc1ccc(-c2ccccc2-c2nn[nH]n2)cc1.[99Tc]. The molecular formula is C49H74ClN13O6Tc. The van der Waals surface area contributed by atoms with Gasteiger partial charge < -0.3 is 46.3 Å². The van der Waals surface area contributed by atoms with Crippen LogP contribution >= 0.6 is 11.6 Å². The van der Waals surface area contributed by atoms with E-state index in [1.165, 1.54) is 0 Å². The number of aryl methyl sites for hydroxylation is 1. The quantitative estimate of drug-likeness (QED) is 0.0163. The van der Waals surface area contributed by atoms with E-state index < -0.39 is 29.6 Å². The number of halogens is 1. The fourth-order valence-electron chi connectivity index (χ4n) is 7.62. The van der Waals surface area contributed by atoms with Gasteiger partial charge in [-0.05, 0) is 120 Å².